The third-order valence-corrected chi connectivity index (χ3v) is 5.78. The van der Waals surface area contributed by atoms with Crippen LogP contribution in [0.1, 0.15) is 34.9 Å². The zero-order valence-electron chi connectivity index (χ0n) is 15.1. The molecule has 7 nitrogen and oxygen atoms in total. The molecule has 0 saturated carbocycles. The molecular weight excluding hydrogens is 366 g/mol. The lowest BCUT2D eigenvalue weighted by Crippen LogP contribution is -2.20. The number of aryl methyl sites for hydroxylation is 1. The van der Waals surface area contributed by atoms with Crippen LogP contribution in [-0.2, 0) is 17.6 Å². The average molecular weight is 385 g/mol. The normalized spacial score (nSPS) is 15.5. The fourth-order valence-electron chi connectivity index (χ4n) is 3.19. The van der Waals surface area contributed by atoms with Gasteiger partial charge in [0.15, 0.2) is 6.61 Å². The van der Waals surface area contributed by atoms with Crippen LogP contribution in [0.15, 0.2) is 18.2 Å². The van der Waals surface area contributed by atoms with Gasteiger partial charge in [-0.05, 0) is 49.8 Å². The van der Waals surface area contributed by atoms with Crippen molar-refractivity contribution in [3.63, 3.8) is 0 Å². The van der Waals surface area contributed by atoms with Crippen molar-refractivity contribution in [1.29, 1.82) is 5.26 Å². The average Bonchev–Trinajstić information content (AvgIpc) is 2.95. The summed E-state index contributed by atoms with van der Waals surface area (Å²) < 4.78 is 5.44. The summed E-state index contributed by atoms with van der Waals surface area (Å²) in [6, 6.07) is 6.55. The van der Waals surface area contributed by atoms with E-state index in [0.29, 0.717) is 27.8 Å². The third kappa shape index (κ3) is 4.09. The second kappa shape index (κ2) is 7.76. The molecule has 1 N–H and O–H groups in total. The molecule has 27 heavy (non-hydrogen) atoms. The molecule has 0 bridgehead atoms. The molecule has 0 fully saturated rings. The Morgan fingerprint density at radius 1 is 1.52 bits per heavy atom. The van der Waals surface area contributed by atoms with Crippen molar-refractivity contribution in [2.75, 3.05) is 11.9 Å². The van der Waals surface area contributed by atoms with Crippen molar-refractivity contribution in [1.82, 2.24) is 0 Å². The Bertz CT molecular complexity index is 945. The molecule has 0 saturated heterocycles. The van der Waals surface area contributed by atoms with Crippen LogP contribution in [-0.4, -0.2) is 17.4 Å². The van der Waals surface area contributed by atoms with Crippen LogP contribution in [0.5, 0.6) is 5.75 Å². The molecule has 3 rings (SSSR count). The van der Waals surface area contributed by atoms with Crippen molar-refractivity contribution in [3.8, 4) is 11.8 Å². The van der Waals surface area contributed by atoms with Gasteiger partial charge < -0.3 is 10.1 Å². The highest BCUT2D eigenvalue weighted by Crippen LogP contribution is 2.39. The molecular formula is C19H19N3O4S. The molecule has 1 aliphatic rings. The van der Waals surface area contributed by atoms with Gasteiger partial charge in [0.2, 0.25) is 0 Å². The molecule has 0 aliphatic heterocycles. The molecule has 2 aromatic rings. The Morgan fingerprint density at radius 3 is 2.96 bits per heavy atom. The van der Waals surface area contributed by atoms with Crippen molar-refractivity contribution in [3.05, 3.63) is 49.9 Å². The maximum absolute atomic E-state index is 12.2. The van der Waals surface area contributed by atoms with Crippen LogP contribution in [0.3, 0.4) is 0 Å². The predicted octanol–water partition coefficient (Wildman–Crippen LogP) is 3.98. The number of carbonyl (C=O) groups excluding carboxylic acids is 1. The molecule has 140 valence electrons. The van der Waals surface area contributed by atoms with E-state index in [1.807, 2.05) is 0 Å². The van der Waals surface area contributed by atoms with Crippen LogP contribution in [0.4, 0.5) is 10.7 Å². The lowest BCUT2D eigenvalue weighted by Gasteiger charge is -2.17. The molecule has 0 spiro atoms. The quantitative estimate of drug-likeness (QED) is 0.619. The van der Waals surface area contributed by atoms with E-state index in [-0.39, 0.29) is 18.2 Å². The van der Waals surface area contributed by atoms with E-state index >= 15 is 0 Å². The fourth-order valence-corrected chi connectivity index (χ4v) is 4.57. The second-order valence-electron chi connectivity index (χ2n) is 6.71. The number of nitro benzene ring substituents is 1. The van der Waals surface area contributed by atoms with Gasteiger partial charge in [-0.3, -0.25) is 14.9 Å². The van der Waals surface area contributed by atoms with Gasteiger partial charge in [0.25, 0.3) is 11.6 Å². The minimum absolute atomic E-state index is 0.00357. The summed E-state index contributed by atoms with van der Waals surface area (Å²) in [5.41, 5.74) is 2.08. The number of fused-ring (bicyclic) bond motifs is 1. The Labute approximate surface area is 160 Å². The Balaban J connectivity index is 1.66. The first-order valence-corrected chi connectivity index (χ1v) is 9.43. The van der Waals surface area contributed by atoms with E-state index in [2.05, 4.69) is 18.3 Å². The van der Waals surface area contributed by atoms with Crippen LogP contribution in [0.25, 0.3) is 0 Å². The van der Waals surface area contributed by atoms with Crippen LogP contribution >= 0.6 is 11.3 Å². The number of thiophene rings is 1. The van der Waals surface area contributed by atoms with Crippen LogP contribution in [0.2, 0.25) is 0 Å². The number of nitrogens with zero attached hydrogens (tertiary/aromatic N) is 2. The summed E-state index contributed by atoms with van der Waals surface area (Å²) in [4.78, 5) is 23.8. The van der Waals surface area contributed by atoms with Gasteiger partial charge in [-0.1, -0.05) is 6.92 Å². The summed E-state index contributed by atoms with van der Waals surface area (Å²) in [6.45, 7) is 3.56. The molecule has 1 atom stereocenters. The SMILES string of the molecule is Cc1cc(OCC(=O)Nc2sc3c(c2C#N)CCC(C)C3)ccc1[N+](=O)[O-]. The lowest BCUT2D eigenvalue weighted by molar-refractivity contribution is -0.385. The van der Waals surface area contributed by atoms with Gasteiger partial charge in [-0.15, -0.1) is 11.3 Å². The molecule has 1 aromatic carbocycles. The first kappa shape index (κ1) is 18.9. The van der Waals surface area contributed by atoms with Gasteiger partial charge in [0, 0.05) is 16.5 Å². The van der Waals surface area contributed by atoms with E-state index < -0.39 is 4.92 Å². The highest BCUT2D eigenvalue weighted by atomic mass is 32.1. The highest BCUT2D eigenvalue weighted by molar-refractivity contribution is 7.16. The van der Waals surface area contributed by atoms with Crippen molar-refractivity contribution < 1.29 is 14.5 Å². The number of benzene rings is 1. The monoisotopic (exact) mass is 385 g/mol. The summed E-state index contributed by atoms with van der Waals surface area (Å²) in [5, 5.41) is 23.7. The summed E-state index contributed by atoms with van der Waals surface area (Å²) in [6.07, 6.45) is 2.85. The number of hydrogen-bond acceptors (Lipinski definition) is 6. The summed E-state index contributed by atoms with van der Waals surface area (Å²) in [7, 11) is 0. The van der Waals surface area contributed by atoms with Gasteiger partial charge in [0.05, 0.1) is 10.5 Å². The zero-order valence-corrected chi connectivity index (χ0v) is 15.9. The topological polar surface area (TPSA) is 105 Å². The largest absolute Gasteiger partial charge is 0.484 e. The van der Waals surface area contributed by atoms with E-state index in [4.69, 9.17) is 4.74 Å². The zero-order chi connectivity index (χ0) is 19.6. The Morgan fingerprint density at radius 2 is 2.30 bits per heavy atom. The minimum Gasteiger partial charge on any atom is -0.484 e. The molecule has 1 heterocycles. The first-order chi connectivity index (χ1) is 12.9. The number of hydrogen-bond donors (Lipinski definition) is 1. The fraction of sp³-hybridized carbons (Fsp3) is 0.368. The van der Waals surface area contributed by atoms with Gasteiger partial charge in [0.1, 0.15) is 16.8 Å². The Hall–Kier alpha value is -2.92. The minimum atomic E-state index is -0.464. The highest BCUT2D eigenvalue weighted by Gasteiger charge is 2.24. The van der Waals surface area contributed by atoms with Gasteiger partial charge in [-0.2, -0.15) is 5.26 Å². The van der Waals surface area contributed by atoms with Crippen molar-refractivity contribution in [2.45, 2.75) is 33.1 Å². The summed E-state index contributed by atoms with van der Waals surface area (Å²) in [5.74, 6) is 0.599. The number of nitrogens with one attached hydrogen (secondary N) is 1. The smallest absolute Gasteiger partial charge is 0.272 e. The maximum atomic E-state index is 12.2. The molecule has 1 aromatic heterocycles. The number of ether oxygens (including phenoxy) is 1. The number of nitro groups is 1. The van der Waals surface area contributed by atoms with Crippen LogP contribution < -0.4 is 10.1 Å². The third-order valence-electron chi connectivity index (χ3n) is 4.61. The van der Waals surface area contributed by atoms with E-state index in [0.717, 1.165) is 24.8 Å². The number of anilines is 1. The molecule has 8 heteroatoms. The number of rotatable bonds is 5. The number of nitriles is 1. The Kier molecular flexibility index (Phi) is 5.42. The van der Waals surface area contributed by atoms with Crippen LogP contribution in [0, 0.1) is 34.3 Å². The molecule has 1 aliphatic carbocycles. The van der Waals surface area contributed by atoms with E-state index in [9.17, 15) is 20.2 Å². The number of amides is 1. The van der Waals surface area contributed by atoms with E-state index in [1.165, 1.54) is 34.4 Å². The molecule has 1 amide bonds. The lowest BCUT2D eigenvalue weighted by atomic mass is 9.89. The first-order valence-electron chi connectivity index (χ1n) is 8.61. The van der Waals surface area contributed by atoms with Gasteiger partial charge >= 0.3 is 0 Å². The summed E-state index contributed by atoms with van der Waals surface area (Å²) >= 11 is 1.46. The molecule has 1 unspecified atom stereocenters. The van der Waals surface area contributed by atoms with Crippen molar-refractivity contribution in [2.24, 2.45) is 5.92 Å². The predicted molar refractivity (Wildman–Crippen MR) is 102 cm³/mol. The number of carbonyl (C=O) groups is 1. The maximum Gasteiger partial charge on any atom is 0.272 e. The van der Waals surface area contributed by atoms with Crippen molar-refractivity contribution >= 4 is 27.9 Å². The standard InChI is InChI=1S/C19H19N3O4S/c1-11-3-5-14-15(9-20)19(27-17(14)7-11)21-18(23)10-26-13-4-6-16(22(24)25)12(2)8-13/h4,6,8,11H,3,5,7,10H2,1-2H3,(H,21,23). The molecule has 0 radical (unpaired) electrons. The van der Waals surface area contributed by atoms with E-state index in [1.54, 1.807) is 6.92 Å². The van der Waals surface area contributed by atoms with Gasteiger partial charge in [-0.25, -0.2) is 0 Å². The second-order valence-corrected chi connectivity index (χ2v) is 7.82.